The lowest BCUT2D eigenvalue weighted by Gasteiger charge is -2.32. The number of nitrogens with zero attached hydrogens (tertiary/aromatic N) is 1. The number of benzene rings is 1. The van der Waals surface area contributed by atoms with Gasteiger partial charge in [0.2, 0.25) is 0 Å². The highest BCUT2D eigenvalue weighted by molar-refractivity contribution is 5.84. The molecule has 120 valence electrons. The lowest BCUT2D eigenvalue weighted by atomic mass is 9.73. The van der Waals surface area contributed by atoms with Crippen molar-refractivity contribution in [2.45, 2.75) is 45.1 Å². The molecule has 0 saturated heterocycles. The summed E-state index contributed by atoms with van der Waals surface area (Å²) in [7, 11) is 0. The summed E-state index contributed by atoms with van der Waals surface area (Å²) < 4.78 is 2.34. The molecule has 0 radical (unpaired) electrons. The van der Waals surface area contributed by atoms with Crippen molar-refractivity contribution < 1.29 is 5.11 Å². The molecule has 1 aliphatic carbocycles. The summed E-state index contributed by atoms with van der Waals surface area (Å²) in [5.41, 5.74) is 8.93. The van der Waals surface area contributed by atoms with Crippen LogP contribution < -0.4 is 5.73 Å². The van der Waals surface area contributed by atoms with Crippen LogP contribution in [0.4, 0.5) is 0 Å². The second kappa shape index (κ2) is 6.84. The number of aromatic nitrogens is 1. The minimum atomic E-state index is 0.342. The summed E-state index contributed by atoms with van der Waals surface area (Å²) in [6.07, 6.45) is 6.99. The third-order valence-corrected chi connectivity index (χ3v) is 5.53. The van der Waals surface area contributed by atoms with Crippen LogP contribution in [-0.2, 0) is 6.54 Å². The van der Waals surface area contributed by atoms with E-state index in [-0.39, 0.29) is 0 Å². The van der Waals surface area contributed by atoms with Crippen LogP contribution in [0.1, 0.15) is 44.1 Å². The Morgan fingerprint density at radius 3 is 2.59 bits per heavy atom. The molecule has 1 aromatic carbocycles. The van der Waals surface area contributed by atoms with Crippen molar-refractivity contribution in [3.05, 3.63) is 36.0 Å². The lowest BCUT2D eigenvalue weighted by Crippen LogP contribution is -2.26. The number of aryl methyl sites for hydroxylation is 1. The average molecular weight is 300 g/mol. The van der Waals surface area contributed by atoms with Crippen LogP contribution in [0.2, 0.25) is 0 Å². The summed E-state index contributed by atoms with van der Waals surface area (Å²) in [5.74, 6) is 1.60. The van der Waals surface area contributed by atoms with Crippen LogP contribution >= 0.6 is 0 Å². The maximum absolute atomic E-state index is 9.34. The largest absolute Gasteiger partial charge is 0.396 e. The second-order valence-electron chi connectivity index (χ2n) is 6.69. The molecule has 3 nitrogen and oxygen atoms in total. The van der Waals surface area contributed by atoms with E-state index in [0.717, 1.165) is 19.4 Å². The van der Waals surface area contributed by atoms with E-state index in [2.05, 4.69) is 42.0 Å². The van der Waals surface area contributed by atoms with Crippen molar-refractivity contribution >= 4 is 10.9 Å². The lowest BCUT2D eigenvalue weighted by molar-refractivity contribution is 0.158. The van der Waals surface area contributed by atoms with Gasteiger partial charge in [-0.1, -0.05) is 18.2 Å². The molecule has 22 heavy (non-hydrogen) atoms. The van der Waals surface area contributed by atoms with Gasteiger partial charge < -0.3 is 15.4 Å². The Kier molecular flexibility index (Phi) is 4.84. The molecule has 1 aliphatic rings. The quantitative estimate of drug-likeness (QED) is 0.888. The first-order valence-electron chi connectivity index (χ1n) is 8.67. The van der Waals surface area contributed by atoms with Gasteiger partial charge in [-0.2, -0.15) is 0 Å². The fraction of sp³-hybridized carbons (Fsp3) is 0.579. The van der Waals surface area contributed by atoms with Crippen molar-refractivity contribution in [3.63, 3.8) is 0 Å². The number of aliphatic hydroxyl groups excluding tert-OH is 1. The van der Waals surface area contributed by atoms with Gasteiger partial charge in [0.05, 0.1) is 0 Å². The first kappa shape index (κ1) is 15.6. The second-order valence-corrected chi connectivity index (χ2v) is 6.69. The molecule has 1 aromatic heterocycles. The predicted molar refractivity (Wildman–Crippen MR) is 91.9 cm³/mol. The number of aliphatic hydroxyl groups is 1. The van der Waals surface area contributed by atoms with Gasteiger partial charge in [0.1, 0.15) is 0 Å². The van der Waals surface area contributed by atoms with Crippen LogP contribution in [0.15, 0.2) is 30.5 Å². The molecule has 1 heterocycles. The molecule has 3 N–H and O–H groups in total. The molecule has 1 saturated carbocycles. The molecule has 1 atom stereocenters. The van der Waals surface area contributed by atoms with Gasteiger partial charge in [0.15, 0.2) is 0 Å². The standard InChI is InChI=1S/C19H28N2O/c1-2-21-12-18(16-5-3-4-6-19(16)21)17(11-20)15-9-7-14(13-22)8-10-15/h3-6,12,14-15,17,22H,2,7-11,13,20H2,1H3. The van der Waals surface area contributed by atoms with Crippen LogP contribution in [0.5, 0.6) is 0 Å². The van der Waals surface area contributed by atoms with E-state index < -0.39 is 0 Å². The Morgan fingerprint density at radius 1 is 1.23 bits per heavy atom. The SMILES string of the molecule is CCn1cc(C(CN)C2CCC(CO)CC2)c2ccccc21. The van der Waals surface area contributed by atoms with E-state index in [1.54, 1.807) is 0 Å². The Morgan fingerprint density at radius 2 is 1.95 bits per heavy atom. The molecular formula is C19H28N2O. The van der Waals surface area contributed by atoms with Gasteiger partial charge >= 0.3 is 0 Å². The smallest absolute Gasteiger partial charge is 0.0483 e. The van der Waals surface area contributed by atoms with Gasteiger partial charge in [-0.15, -0.1) is 0 Å². The predicted octanol–water partition coefficient (Wildman–Crippen LogP) is 3.50. The van der Waals surface area contributed by atoms with E-state index in [4.69, 9.17) is 5.73 Å². The van der Waals surface area contributed by atoms with E-state index >= 15 is 0 Å². The molecule has 0 bridgehead atoms. The molecule has 1 unspecified atom stereocenters. The maximum Gasteiger partial charge on any atom is 0.0483 e. The Labute approximate surface area is 133 Å². The van der Waals surface area contributed by atoms with Crippen molar-refractivity contribution in [3.8, 4) is 0 Å². The van der Waals surface area contributed by atoms with Crippen molar-refractivity contribution in [2.24, 2.45) is 17.6 Å². The molecule has 2 aromatic rings. The van der Waals surface area contributed by atoms with Gasteiger partial charge in [-0.3, -0.25) is 0 Å². The molecule has 1 fully saturated rings. The molecule has 0 spiro atoms. The summed E-state index contributed by atoms with van der Waals surface area (Å²) in [4.78, 5) is 0. The molecule has 3 rings (SSSR count). The maximum atomic E-state index is 9.34. The first-order valence-corrected chi connectivity index (χ1v) is 8.67. The number of nitrogens with two attached hydrogens (primary N) is 1. The van der Waals surface area contributed by atoms with Crippen LogP contribution in [0.25, 0.3) is 10.9 Å². The van der Waals surface area contributed by atoms with Crippen molar-refractivity contribution in [1.82, 2.24) is 4.57 Å². The Balaban J connectivity index is 1.91. The Hall–Kier alpha value is -1.32. The third kappa shape index (κ3) is 2.80. The molecular weight excluding hydrogens is 272 g/mol. The number of hydrogen-bond donors (Lipinski definition) is 2. The summed E-state index contributed by atoms with van der Waals surface area (Å²) >= 11 is 0. The summed E-state index contributed by atoms with van der Waals surface area (Å²) in [5, 5.41) is 10.7. The zero-order valence-corrected chi connectivity index (χ0v) is 13.5. The first-order chi connectivity index (χ1) is 10.8. The number of fused-ring (bicyclic) bond motifs is 1. The van der Waals surface area contributed by atoms with Gasteiger partial charge in [0, 0.05) is 36.2 Å². The highest BCUT2D eigenvalue weighted by atomic mass is 16.3. The normalized spacial score (nSPS) is 23.8. The van der Waals surface area contributed by atoms with E-state index in [9.17, 15) is 5.11 Å². The fourth-order valence-electron chi connectivity index (χ4n) is 4.18. The molecule has 0 aliphatic heterocycles. The van der Waals surface area contributed by atoms with E-state index in [1.165, 1.54) is 29.3 Å². The van der Waals surface area contributed by atoms with Crippen molar-refractivity contribution in [2.75, 3.05) is 13.2 Å². The van der Waals surface area contributed by atoms with Gasteiger partial charge in [-0.05, 0) is 62.6 Å². The van der Waals surface area contributed by atoms with E-state index in [0.29, 0.717) is 30.9 Å². The van der Waals surface area contributed by atoms with Gasteiger partial charge in [0.25, 0.3) is 0 Å². The number of para-hydroxylation sites is 1. The van der Waals surface area contributed by atoms with E-state index in [1.807, 2.05) is 0 Å². The highest BCUT2D eigenvalue weighted by Crippen LogP contribution is 2.40. The molecule has 0 amide bonds. The Bertz CT molecular complexity index is 611. The zero-order valence-electron chi connectivity index (χ0n) is 13.5. The van der Waals surface area contributed by atoms with Crippen LogP contribution in [-0.4, -0.2) is 22.8 Å². The molecule has 3 heteroatoms. The number of hydrogen-bond acceptors (Lipinski definition) is 2. The zero-order chi connectivity index (χ0) is 15.5. The van der Waals surface area contributed by atoms with Crippen molar-refractivity contribution in [1.29, 1.82) is 0 Å². The van der Waals surface area contributed by atoms with Crippen LogP contribution in [0, 0.1) is 11.8 Å². The number of rotatable bonds is 5. The third-order valence-electron chi connectivity index (χ3n) is 5.53. The minimum Gasteiger partial charge on any atom is -0.396 e. The minimum absolute atomic E-state index is 0.342. The summed E-state index contributed by atoms with van der Waals surface area (Å²) in [6, 6.07) is 8.68. The van der Waals surface area contributed by atoms with Gasteiger partial charge in [-0.25, -0.2) is 0 Å². The average Bonchev–Trinajstić information content (AvgIpc) is 2.95. The highest BCUT2D eigenvalue weighted by Gasteiger charge is 2.29. The fourth-order valence-corrected chi connectivity index (χ4v) is 4.18. The summed E-state index contributed by atoms with van der Waals surface area (Å²) in [6.45, 7) is 4.25. The monoisotopic (exact) mass is 300 g/mol. The van der Waals surface area contributed by atoms with Crippen LogP contribution in [0.3, 0.4) is 0 Å². The topological polar surface area (TPSA) is 51.2 Å².